The zero-order valence-corrected chi connectivity index (χ0v) is 32.9. The maximum atomic E-state index is 12.6. The van der Waals surface area contributed by atoms with Crippen molar-refractivity contribution in [2.24, 2.45) is 0 Å². The molecule has 2 atom stereocenters. The molecule has 0 radical (unpaired) electrons. The van der Waals surface area contributed by atoms with Crippen LogP contribution in [0, 0.1) is 0 Å². The molecular weight excluding hydrogens is 709 g/mol. The maximum absolute atomic E-state index is 12.6. The zero-order valence-electron chi connectivity index (χ0n) is 31.2. The Morgan fingerprint density at radius 1 is 0.811 bits per heavy atom. The van der Waals surface area contributed by atoms with Gasteiger partial charge >= 0.3 is 56.6 Å². The second-order valence-electron chi connectivity index (χ2n) is 14.6. The van der Waals surface area contributed by atoms with E-state index in [1.54, 1.807) is 24.3 Å². The molecule has 13 nitrogen and oxygen atoms in total. The van der Waals surface area contributed by atoms with Crippen molar-refractivity contribution in [3.8, 4) is 11.5 Å². The minimum absolute atomic E-state index is 0. The Kier molecular flexibility index (Phi) is 12.9. The van der Waals surface area contributed by atoms with Gasteiger partial charge < -0.3 is 38.5 Å². The molecule has 0 saturated heterocycles. The van der Waals surface area contributed by atoms with E-state index in [2.05, 4.69) is 0 Å². The predicted octanol–water partition coefficient (Wildman–Crippen LogP) is -9.04. The van der Waals surface area contributed by atoms with E-state index in [1.165, 1.54) is 12.1 Å². The van der Waals surface area contributed by atoms with Crippen molar-refractivity contribution < 1.29 is 107 Å². The quantitative estimate of drug-likeness (QED) is 0.0982. The second-order valence-corrected chi connectivity index (χ2v) is 17.5. The van der Waals surface area contributed by atoms with Gasteiger partial charge in [-0.15, -0.1) is 0 Å². The summed E-state index contributed by atoms with van der Waals surface area (Å²) >= 11 is 0. The normalized spacial score (nSPS) is 19.4. The summed E-state index contributed by atoms with van der Waals surface area (Å²) in [5.74, 6) is -5.61. The third-order valence-corrected chi connectivity index (χ3v) is 12.1. The fourth-order valence-electron chi connectivity index (χ4n) is 7.72. The summed E-state index contributed by atoms with van der Waals surface area (Å²) in [6.45, 7) is 7.67. The number of carboxylic acid groups (broad SMARTS) is 2. The van der Waals surface area contributed by atoms with Crippen LogP contribution in [0.2, 0.25) is 0 Å². The molecule has 0 saturated carbocycles. The maximum Gasteiger partial charge on any atom is 1.00 e. The minimum Gasteiger partial charge on any atom is -0.748 e. The average Bonchev–Trinajstić information content (AvgIpc) is 2.98. The Hall–Kier alpha value is -2.52. The molecule has 266 valence electrons. The molecule has 3 aromatic rings. The van der Waals surface area contributed by atoms with Crippen molar-refractivity contribution in [2.45, 2.75) is 63.5 Å². The van der Waals surface area contributed by atoms with Gasteiger partial charge in [-0.25, -0.2) is 21.4 Å². The fourth-order valence-corrected chi connectivity index (χ4v) is 9.30. The van der Waals surface area contributed by atoms with Crippen LogP contribution in [0.5, 0.6) is 11.5 Å². The van der Waals surface area contributed by atoms with Crippen molar-refractivity contribution in [1.29, 1.82) is 0 Å². The molecule has 0 aliphatic carbocycles. The van der Waals surface area contributed by atoms with Crippen LogP contribution in [-0.2, 0) is 20.2 Å². The smallest absolute Gasteiger partial charge is 0.748 e. The van der Waals surface area contributed by atoms with Crippen LogP contribution in [0.4, 0.5) is 5.69 Å². The first-order valence-electron chi connectivity index (χ1n) is 15.8. The Labute approximate surface area is 344 Å². The van der Waals surface area contributed by atoms with Crippen LogP contribution in [0.1, 0.15) is 95.3 Å². The van der Waals surface area contributed by atoms with Gasteiger partial charge in [0.05, 0.1) is 38.2 Å². The Morgan fingerprint density at radius 2 is 1.40 bits per heavy atom. The van der Waals surface area contributed by atoms with Crippen molar-refractivity contribution >= 4 is 43.4 Å². The van der Waals surface area contributed by atoms with Gasteiger partial charge in [-0.1, -0.05) is 12.1 Å². The van der Waals surface area contributed by atoms with E-state index < -0.39 is 77.7 Å². The van der Waals surface area contributed by atoms with Gasteiger partial charge in [0.1, 0.15) is 18.5 Å². The number of carboxylic acids is 2. The first-order chi connectivity index (χ1) is 23.0. The molecule has 0 fully saturated rings. The van der Waals surface area contributed by atoms with E-state index in [4.69, 9.17) is 4.74 Å². The van der Waals surface area contributed by atoms with E-state index in [9.17, 15) is 45.7 Å². The third-order valence-electron chi connectivity index (χ3n) is 10.5. The van der Waals surface area contributed by atoms with Crippen LogP contribution >= 0.6 is 0 Å². The number of carbonyl (C=O) groups is 2. The van der Waals surface area contributed by atoms with E-state index in [0.717, 1.165) is 6.07 Å². The number of hydrogen-bond acceptors (Lipinski definition) is 12. The predicted molar refractivity (Wildman–Crippen MR) is 176 cm³/mol. The molecule has 0 spiro atoms. The van der Waals surface area contributed by atoms with E-state index >= 15 is 0 Å². The molecule has 6 rings (SSSR count). The molecule has 53 heavy (non-hydrogen) atoms. The summed E-state index contributed by atoms with van der Waals surface area (Å²) in [5.41, 5.74) is 0.192. The Balaban J connectivity index is 0.00000252. The van der Waals surface area contributed by atoms with E-state index in [1.807, 2.05) is 51.3 Å². The van der Waals surface area contributed by atoms with Crippen LogP contribution in [0.25, 0.3) is 5.57 Å². The van der Waals surface area contributed by atoms with Crippen LogP contribution in [-0.4, -0.2) is 74.6 Å². The van der Waals surface area contributed by atoms with Gasteiger partial charge in [-0.3, -0.25) is 0 Å². The molecule has 0 bridgehead atoms. The Morgan fingerprint density at radius 3 is 1.94 bits per heavy atom. The van der Waals surface area contributed by atoms with Gasteiger partial charge in [0, 0.05) is 81.6 Å². The number of hydrogen-bond donors (Lipinski definition) is 0. The molecule has 3 aliphatic rings. The summed E-state index contributed by atoms with van der Waals surface area (Å²) in [7, 11) is -5.70. The Bertz CT molecular complexity index is 2380. The summed E-state index contributed by atoms with van der Waals surface area (Å²) < 4.78 is 81.0. The third kappa shape index (κ3) is 8.51. The standard InChI is InChI=1S/C35H38N2O11S2.3Li/c1-34(2)14-19(16-49(42,43)44)22-10-25-29(12-27(22)36(34)5)48-30-13-28-23(20(17-50(45,46)47)15-35(3,4)37(28)6)11-26(30)31(25)21-8-7-18(32(38)39)9-24(21)33(40)41;;;/h7-13,19-20H,14-17H2,1-6H3,(H3-,38,39,40,41,42,43,44,45,46,47);;;/q;3*+1/p-3. The second kappa shape index (κ2) is 15.2. The fraction of sp³-hybridized carbons (Fsp3) is 0.400. The SMILES string of the molecule is CN1c2cc3c(cc2C(CS(=O)(=O)[O-])CC1(C)C)C(c1ccc(C(=O)[O-])cc1C(=O)[O-])=c1cc2c(cc1O3)=[N+](C)C(C)(C)CC2CS(=O)(=O)[O-].[Li+].[Li+].[Li+]. The molecular formula is C35H35Li3N2O11S2. The first kappa shape index (κ1) is 44.9. The zero-order chi connectivity index (χ0) is 36.9. The number of anilines is 1. The first-order valence-corrected chi connectivity index (χ1v) is 19.0. The minimum atomic E-state index is -4.68. The number of rotatable bonds is 7. The topological polar surface area (TPSA) is 210 Å². The number of benzene rings is 3. The number of ether oxygens (including phenoxy) is 1. The molecule has 3 aliphatic heterocycles. The molecule has 0 aromatic heterocycles. The molecule has 3 heterocycles. The number of carbonyl (C=O) groups excluding carboxylic acids is 2. The van der Waals surface area contributed by atoms with Gasteiger partial charge in [-0.05, 0) is 69.0 Å². The summed E-state index contributed by atoms with van der Waals surface area (Å²) in [6, 6.07) is 10.1. The molecule has 0 amide bonds. The average molecular weight is 745 g/mol. The molecule has 0 N–H and O–H groups in total. The van der Waals surface area contributed by atoms with Crippen LogP contribution < -0.4 is 91.6 Å². The van der Waals surface area contributed by atoms with E-state index in [-0.39, 0.29) is 79.2 Å². The molecule has 3 aromatic carbocycles. The van der Waals surface area contributed by atoms with Crippen molar-refractivity contribution in [1.82, 2.24) is 4.58 Å². The van der Waals surface area contributed by atoms with Gasteiger partial charge in [0.15, 0.2) is 5.54 Å². The van der Waals surface area contributed by atoms with Crippen molar-refractivity contribution in [2.75, 3.05) is 30.5 Å². The van der Waals surface area contributed by atoms with Crippen LogP contribution in [0.3, 0.4) is 0 Å². The van der Waals surface area contributed by atoms with Gasteiger partial charge in [-0.2, -0.15) is 0 Å². The summed E-state index contributed by atoms with van der Waals surface area (Å²) in [5, 5.41) is 25.2. The van der Waals surface area contributed by atoms with Gasteiger partial charge in [0.25, 0.3) is 0 Å². The monoisotopic (exact) mass is 744 g/mol. The number of aromatic carboxylic acids is 2. The number of fused-ring (bicyclic) bond motifs is 4. The van der Waals surface area contributed by atoms with Crippen LogP contribution in [0.15, 0.2) is 42.5 Å². The molecule has 2 unspecified atom stereocenters. The largest absolute Gasteiger partial charge is 1.00 e. The molecule has 18 heteroatoms. The van der Waals surface area contributed by atoms with Crippen molar-refractivity contribution in [3.63, 3.8) is 0 Å². The van der Waals surface area contributed by atoms with Gasteiger partial charge in [0.2, 0.25) is 5.36 Å². The summed E-state index contributed by atoms with van der Waals surface area (Å²) in [4.78, 5) is 26.3. The number of nitrogens with zero attached hydrogens (tertiary/aromatic N) is 2. The van der Waals surface area contributed by atoms with Crippen molar-refractivity contribution in [3.05, 3.63) is 86.4 Å². The van der Waals surface area contributed by atoms with E-state index in [0.29, 0.717) is 45.8 Å². The summed E-state index contributed by atoms with van der Waals surface area (Å²) in [6.07, 6.45) is 0.601.